The van der Waals surface area contributed by atoms with Crippen molar-refractivity contribution in [3.63, 3.8) is 0 Å². The number of rotatable bonds is 7. The average molecular weight is 366 g/mol. The SMILES string of the molecule is CCCN1C(=O)N/C(=C/c2ccc(OCc3ccccc3)c(OC)c2)C1=O. The first-order chi connectivity index (χ1) is 13.1. The Balaban J connectivity index is 1.76. The lowest BCUT2D eigenvalue weighted by Gasteiger charge is -2.11. The Morgan fingerprint density at radius 1 is 1.07 bits per heavy atom. The van der Waals surface area contributed by atoms with E-state index in [-0.39, 0.29) is 17.6 Å². The lowest BCUT2D eigenvalue weighted by Crippen LogP contribution is -2.31. The van der Waals surface area contributed by atoms with E-state index in [1.165, 1.54) is 4.90 Å². The van der Waals surface area contributed by atoms with E-state index in [4.69, 9.17) is 9.47 Å². The number of carbonyl (C=O) groups is 2. The first-order valence-corrected chi connectivity index (χ1v) is 8.81. The Morgan fingerprint density at radius 3 is 2.56 bits per heavy atom. The van der Waals surface area contributed by atoms with Gasteiger partial charge in [-0.2, -0.15) is 0 Å². The van der Waals surface area contributed by atoms with Crippen LogP contribution in [0.3, 0.4) is 0 Å². The molecule has 140 valence electrons. The topological polar surface area (TPSA) is 67.9 Å². The van der Waals surface area contributed by atoms with Gasteiger partial charge in [0.25, 0.3) is 5.91 Å². The van der Waals surface area contributed by atoms with Crippen molar-refractivity contribution in [2.75, 3.05) is 13.7 Å². The van der Waals surface area contributed by atoms with Gasteiger partial charge in [0.15, 0.2) is 11.5 Å². The molecule has 3 amide bonds. The molecular formula is C21H22N2O4. The number of ether oxygens (including phenoxy) is 2. The largest absolute Gasteiger partial charge is 0.493 e. The number of amides is 3. The third-order valence-corrected chi connectivity index (χ3v) is 4.15. The van der Waals surface area contributed by atoms with E-state index < -0.39 is 0 Å². The van der Waals surface area contributed by atoms with Gasteiger partial charge in [-0.3, -0.25) is 9.69 Å². The van der Waals surface area contributed by atoms with Crippen molar-refractivity contribution >= 4 is 18.0 Å². The van der Waals surface area contributed by atoms with E-state index >= 15 is 0 Å². The number of imide groups is 1. The van der Waals surface area contributed by atoms with E-state index in [1.807, 2.05) is 43.3 Å². The molecule has 1 N–H and O–H groups in total. The highest BCUT2D eigenvalue weighted by molar-refractivity contribution is 6.13. The maximum atomic E-state index is 12.3. The summed E-state index contributed by atoms with van der Waals surface area (Å²) in [5.74, 6) is 0.852. The van der Waals surface area contributed by atoms with Crippen molar-refractivity contribution in [2.24, 2.45) is 0 Å². The van der Waals surface area contributed by atoms with Crippen LogP contribution in [0.25, 0.3) is 6.08 Å². The van der Waals surface area contributed by atoms with Crippen molar-refractivity contribution in [1.29, 1.82) is 0 Å². The number of methoxy groups -OCH3 is 1. The summed E-state index contributed by atoms with van der Waals surface area (Å²) in [4.78, 5) is 25.4. The molecule has 0 saturated carbocycles. The molecule has 2 aromatic carbocycles. The molecule has 0 unspecified atom stereocenters. The number of hydrogen-bond donors (Lipinski definition) is 1. The number of carbonyl (C=O) groups excluding carboxylic acids is 2. The van der Waals surface area contributed by atoms with Crippen LogP contribution in [0.4, 0.5) is 4.79 Å². The summed E-state index contributed by atoms with van der Waals surface area (Å²) < 4.78 is 11.2. The molecule has 2 aromatic rings. The Labute approximate surface area is 158 Å². The second kappa shape index (κ2) is 8.40. The zero-order chi connectivity index (χ0) is 19.2. The molecule has 0 atom stereocenters. The number of benzene rings is 2. The second-order valence-electron chi connectivity index (χ2n) is 6.13. The number of urea groups is 1. The molecule has 1 saturated heterocycles. The standard InChI is InChI=1S/C21H22N2O4/c1-3-11-23-20(24)17(22-21(23)25)12-16-9-10-18(19(13-16)26-2)27-14-15-7-5-4-6-8-15/h4-10,12-13H,3,11,14H2,1-2H3,(H,22,25)/b17-12+. The smallest absolute Gasteiger partial charge is 0.329 e. The zero-order valence-corrected chi connectivity index (χ0v) is 15.4. The van der Waals surface area contributed by atoms with E-state index in [9.17, 15) is 9.59 Å². The van der Waals surface area contributed by atoms with E-state index in [0.29, 0.717) is 31.1 Å². The Kier molecular flexibility index (Phi) is 5.76. The quantitative estimate of drug-likeness (QED) is 0.601. The van der Waals surface area contributed by atoms with Crippen LogP contribution in [-0.4, -0.2) is 30.5 Å². The molecule has 0 spiro atoms. The van der Waals surface area contributed by atoms with Gasteiger partial charge in [-0.1, -0.05) is 43.3 Å². The monoisotopic (exact) mass is 366 g/mol. The maximum absolute atomic E-state index is 12.3. The molecule has 1 aliphatic rings. The van der Waals surface area contributed by atoms with E-state index in [0.717, 1.165) is 11.1 Å². The summed E-state index contributed by atoms with van der Waals surface area (Å²) in [6.07, 6.45) is 2.35. The summed E-state index contributed by atoms with van der Waals surface area (Å²) in [6.45, 7) is 2.75. The van der Waals surface area contributed by atoms with Gasteiger partial charge < -0.3 is 14.8 Å². The Hall–Kier alpha value is -3.28. The molecular weight excluding hydrogens is 344 g/mol. The van der Waals surface area contributed by atoms with Crippen molar-refractivity contribution < 1.29 is 19.1 Å². The van der Waals surface area contributed by atoms with Gasteiger partial charge in [0.2, 0.25) is 0 Å². The number of hydrogen-bond acceptors (Lipinski definition) is 4. The van der Waals surface area contributed by atoms with Gasteiger partial charge >= 0.3 is 6.03 Å². The van der Waals surface area contributed by atoms with Gasteiger partial charge in [-0.25, -0.2) is 4.79 Å². The lowest BCUT2D eigenvalue weighted by atomic mass is 10.1. The van der Waals surface area contributed by atoms with Crippen LogP contribution < -0.4 is 14.8 Å². The van der Waals surface area contributed by atoms with Crippen LogP contribution in [0.1, 0.15) is 24.5 Å². The van der Waals surface area contributed by atoms with Crippen molar-refractivity contribution in [3.05, 3.63) is 65.4 Å². The molecule has 27 heavy (non-hydrogen) atoms. The molecule has 3 rings (SSSR count). The third kappa shape index (κ3) is 4.28. The summed E-state index contributed by atoms with van der Waals surface area (Å²) in [7, 11) is 1.56. The highest BCUT2D eigenvalue weighted by Gasteiger charge is 2.32. The molecule has 0 bridgehead atoms. The number of nitrogens with one attached hydrogen (secondary N) is 1. The number of nitrogens with zero attached hydrogens (tertiary/aromatic N) is 1. The summed E-state index contributed by atoms with van der Waals surface area (Å²) in [6, 6.07) is 14.8. The van der Waals surface area contributed by atoms with Crippen LogP contribution in [0.5, 0.6) is 11.5 Å². The molecule has 1 aliphatic heterocycles. The Morgan fingerprint density at radius 2 is 1.85 bits per heavy atom. The summed E-state index contributed by atoms with van der Waals surface area (Å²) in [5, 5.41) is 2.61. The molecule has 0 aromatic heterocycles. The van der Waals surface area contributed by atoms with E-state index in [1.54, 1.807) is 25.3 Å². The van der Waals surface area contributed by atoms with Crippen LogP contribution in [0.15, 0.2) is 54.2 Å². The second-order valence-corrected chi connectivity index (χ2v) is 6.13. The minimum Gasteiger partial charge on any atom is -0.493 e. The average Bonchev–Trinajstić information content (AvgIpc) is 2.95. The normalized spacial score (nSPS) is 15.2. The first kappa shape index (κ1) is 18.5. The highest BCUT2D eigenvalue weighted by Crippen LogP contribution is 2.30. The van der Waals surface area contributed by atoms with Crippen LogP contribution in [0, 0.1) is 0 Å². The van der Waals surface area contributed by atoms with Crippen LogP contribution in [-0.2, 0) is 11.4 Å². The maximum Gasteiger partial charge on any atom is 0.329 e. The molecule has 0 aliphatic carbocycles. The molecule has 6 nitrogen and oxygen atoms in total. The van der Waals surface area contributed by atoms with E-state index in [2.05, 4.69) is 5.32 Å². The summed E-state index contributed by atoms with van der Waals surface area (Å²) >= 11 is 0. The van der Waals surface area contributed by atoms with Gasteiger partial charge in [0, 0.05) is 6.54 Å². The lowest BCUT2D eigenvalue weighted by molar-refractivity contribution is -0.122. The van der Waals surface area contributed by atoms with Crippen molar-refractivity contribution in [1.82, 2.24) is 10.2 Å². The van der Waals surface area contributed by atoms with Gasteiger partial charge in [0.05, 0.1) is 7.11 Å². The van der Waals surface area contributed by atoms with Crippen molar-refractivity contribution in [2.45, 2.75) is 20.0 Å². The predicted octanol–water partition coefficient (Wildman–Crippen LogP) is 3.58. The zero-order valence-electron chi connectivity index (χ0n) is 15.4. The summed E-state index contributed by atoms with van der Waals surface area (Å²) in [5.41, 5.74) is 2.05. The molecule has 0 radical (unpaired) electrons. The Bertz CT molecular complexity index is 862. The molecule has 1 heterocycles. The van der Waals surface area contributed by atoms with Gasteiger partial charge in [0.1, 0.15) is 12.3 Å². The minimum atomic E-state index is -0.386. The predicted molar refractivity (Wildman–Crippen MR) is 102 cm³/mol. The fraction of sp³-hybridized carbons (Fsp3) is 0.238. The van der Waals surface area contributed by atoms with Gasteiger partial charge in [-0.05, 0) is 35.8 Å². The fourth-order valence-corrected chi connectivity index (χ4v) is 2.79. The molecule has 1 fully saturated rings. The first-order valence-electron chi connectivity index (χ1n) is 8.81. The van der Waals surface area contributed by atoms with Crippen LogP contribution in [0.2, 0.25) is 0 Å². The molecule has 6 heteroatoms. The third-order valence-electron chi connectivity index (χ3n) is 4.15. The fourth-order valence-electron chi connectivity index (χ4n) is 2.79. The minimum absolute atomic E-state index is 0.258. The van der Waals surface area contributed by atoms with Gasteiger partial charge in [-0.15, -0.1) is 0 Å². The highest BCUT2D eigenvalue weighted by atomic mass is 16.5. The van der Waals surface area contributed by atoms with Crippen LogP contribution >= 0.6 is 0 Å². The van der Waals surface area contributed by atoms with Crippen molar-refractivity contribution in [3.8, 4) is 11.5 Å².